The van der Waals surface area contributed by atoms with Gasteiger partial charge in [-0.05, 0) is 30.3 Å². The Morgan fingerprint density at radius 1 is 1.08 bits per heavy atom. The molecule has 3 rings (SSSR count). The minimum atomic E-state index is -0.0841. The summed E-state index contributed by atoms with van der Waals surface area (Å²) in [5.41, 5.74) is 1.27. The van der Waals surface area contributed by atoms with E-state index in [1.807, 2.05) is 0 Å². The van der Waals surface area contributed by atoms with Gasteiger partial charge in [0, 0.05) is 38.1 Å². The molecule has 0 aliphatic carbocycles. The molecule has 130 valence electrons. The molecule has 25 heavy (non-hydrogen) atoms. The van der Waals surface area contributed by atoms with Crippen molar-refractivity contribution in [3.8, 4) is 0 Å². The van der Waals surface area contributed by atoms with E-state index in [0.29, 0.717) is 47.6 Å². The summed E-state index contributed by atoms with van der Waals surface area (Å²) in [5, 5.41) is 4.04. The van der Waals surface area contributed by atoms with E-state index in [2.05, 4.69) is 10.3 Å². The number of carbonyl (C=O) groups excluding carboxylic acids is 2. The first kappa shape index (κ1) is 17.5. The van der Waals surface area contributed by atoms with Gasteiger partial charge in [-0.2, -0.15) is 0 Å². The number of amides is 2. The Bertz CT molecular complexity index is 775. The summed E-state index contributed by atoms with van der Waals surface area (Å²) >= 11 is 11.9. The van der Waals surface area contributed by atoms with Crippen molar-refractivity contribution in [3.63, 3.8) is 0 Å². The third kappa shape index (κ3) is 4.21. The minimum Gasteiger partial charge on any atom is -0.342 e. The number of hydrogen-bond acceptors (Lipinski definition) is 4. The predicted octanol–water partition coefficient (Wildman–Crippen LogP) is 3.05. The highest BCUT2D eigenvalue weighted by Gasteiger charge is 2.21. The molecule has 1 fully saturated rings. The van der Waals surface area contributed by atoms with Crippen LogP contribution in [-0.2, 0) is 4.79 Å². The maximum atomic E-state index is 12.5. The molecule has 2 aromatic rings. The normalized spacial score (nSPS) is 14.3. The third-order valence-corrected chi connectivity index (χ3v) is 4.69. The predicted molar refractivity (Wildman–Crippen MR) is 97.5 cm³/mol. The molecule has 0 unspecified atom stereocenters. The first-order valence-corrected chi connectivity index (χ1v) is 8.49. The number of aromatic nitrogens is 1. The van der Waals surface area contributed by atoms with Gasteiger partial charge in [-0.25, -0.2) is 4.98 Å². The van der Waals surface area contributed by atoms with Crippen LogP contribution in [0.25, 0.3) is 0 Å². The maximum Gasteiger partial charge on any atom is 0.255 e. The second-order valence-electron chi connectivity index (χ2n) is 5.62. The highest BCUT2D eigenvalue weighted by atomic mass is 35.5. The van der Waals surface area contributed by atoms with Crippen LogP contribution in [0.3, 0.4) is 0 Å². The largest absolute Gasteiger partial charge is 0.342 e. The topological polar surface area (TPSA) is 65.5 Å². The summed E-state index contributed by atoms with van der Waals surface area (Å²) in [6.45, 7) is 2.17. The molecule has 0 saturated carbocycles. The number of rotatable bonds is 4. The summed E-state index contributed by atoms with van der Waals surface area (Å²) in [6.07, 6.45) is 2.35. The number of halogens is 2. The standard InChI is InChI=1S/C17H16Cl2N4O2/c18-14-3-2-13(9-15(14)19)21-16-4-1-12(10-20-16)17(25)23-7-5-22(11-24)6-8-23/h1-4,9-11H,5-8H2,(H,20,21). The van der Waals surface area contributed by atoms with Crippen molar-refractivity contribution < 1.29 is 9.59 Å². The number of nitrogens with one attached hydrogen (secondary N) is 1. The lowest BCUT2D eigenvalue weighted by molar-refractivity contribution is -0.119. The molecule has 0 spiro atoms. The fourth-order valence-electron chi connectivity index (χ4n) is 2.53. The van der Waals surface area contributed by atoms with Crippen LogP contribution < -0.4 is 5.32 Å². The van der Waals surface area contributed by atoms with Crippen molar-refractivity contribution in [3.05, 3.63) is 52.1 Å². The molecule has 1 aliphatic rings. The fraction of sp³-hybridized carbons (Fsp3) is 0.235. The van der Waals surface area contributed by atoms with Crippen LogP contribution in [0, 0.1) is 0 Å². The third-order valence-electron chi connectivity index (χ3n) is 3.95. The second-order valence-corrected chi connectivity index (χ2v) is 6.43. The number of pyridine rings is 1. The Morgan fingerprint density at radius 3 is 2.44 bits per heavy atom. The van der Waals surface area contributed by atoms with Gasteiger partial charge in [0.05, 0.1) is 15.6 Å². The number of anilines is 2. The molecule has 1 N–H and O–H groups in total. The van der Waals surface area contributed by atoms with Crippen LogP contribution in [0.5, 0.6) is 0 Å². The van der Waals surface area contributed by atoms with Crippen LogP contribution in [0.2, 0.25) is 10.0 Å². The Kier molecular flexibility index (Phi) is 5.40. The molecule has 2 amide bonds. The van der Waals surface area contributed by atoms with Crippen molar-refractivity contribution in [2.45, 2.75) is 0 Å². The lowest BCUT2D eigenvalue weighted by Crippen LogP contribution is -2.48. The highest BCUT2D eigenvalue weighted by molar-refractivity contribution is 6.42. The monoisotopic (exact) mass is 378 g/mol. The van der Waals surface area contributed by atoms with Gasteiger partial charge in [0.2, 0.25) is 6.41 Å². The molecular weight excluding hydrogens is 363 g/mol. The molecular formula is C17H16Cl2N4O2. The molecule has 1 saturated heterocycles. The van der Waals surface area contributed by atoms with Gasteiger partial charge in [-0.3, -0.25) is 9.59 Å². The van der Waals surface area contributed by atoms with Crippen molar-refractivity contribution in [2.75, 3.05) is 31.5 Å². The number of nitrogens with zero attached hydrogens (tertiary/aromatic N) is 3. The molecule has 0 radical (unpaired) electrons. The van der Waals surface area contributed by atoms with Crippen LogP contribution in [-0.4, -0.2) is 53.3 Å². The van der Waals surface area contributed by atoms with Gasteiger partial charge in [0.15, 0.2) is 0 Å². The zero-order valence-corrected chi connectivity index (χ0v) is 14.8. The van der Waals surface area contributed by atoms with E-state index in [1.54, 1.807) is 40.1 Å². The van der Waals surface area contributed by atoms with E-state index in [-0.39, 0.29) is 5.91 Å². The molecule has 6 nitrogen and oxygen atoms in total. The summed E-state index contributed by atoms with van der Waals surface area (Å²) in [6, 6.07) is 8.65. The van der Waals surface area contributed by atoms with Gasteiger partial charge < -0.3 is 15.1 Å². The SMILES string of the molecule is O=CN1CCN(C(=O)c2ccc(Nc3ccc(Cl)c(Cl)c3)nc2)CC1. The first-order valence-electron chi connectivity index (χ1n) is 7.73. The minimum absolute atomic E-state index is 0.0841. The summed E-state index contributed by atoms with van der Waals surface area (Å²) in [5.74, 6) is 0.514. The van der Waals surface area contributed by atoms with Gasteiger partial charge in [-0.15, -0.1) is 0 Å². The van der Waals surface area contributed by atoms with E-state index >= 15 is 0 Å². The van der Waals surface area contributed by atoms with E-state index in [1.165, 1.54) is 6.20 Å². The van der Waals surface area contributed by atoms with Gasteiger partial charge in [-0.1, -0.05) is 23.2 Å². The Labute approximate surface area is 155 Å². The van der Waals surface area contributed by atoms with Crippen LogP contribution in [0.1, 0.15) is 10.4 Å². The number of piperazine rings is 1. The smallest absolute Gasteiger partial charge is 0.255 e. The first-order chi connectivity index (χ1) is 12.1. The number of carbonyl (C=O) groups is 2. The van der Waals surface area contributed by atoms with E-state index in [0.717, 1.165) is 12.1 Å². The Morgan fingerprint density at radius 2 is 1.84 bits per heavy atom. The van der Waals surface area contributed by atoms with E-state index in [4.69, 9.17) is 23.2 Å². The highest BCUT2D eigenvalue weighted by Crippen LogP contribution is 2.26. The Balaban J connectivity index is 1.64. The van der Waals surface area contributed by atoms with Crippen molar-refractivity contribution in [1.82, 2.24) is 14.8 Å². The van der Waals surface area contributed by atoms with Crippen LogP contribution in [0.15, 0.2) is 36.5 Å². The summed E-state index contributed by atoms with van der Waals surface area (Å²) in [7, 11) is 0. The zero-order valence-electron chi connectivity index (χ0n) is 13.3. The van der Waals surface area contributed by atoms with Crippen molar-refractivity contribution in [2.24, 2.45) is 0 Å². The van der Waals surface area contributed by atoms with Gasteiger partial charge in [0.1, 0.15) is 5.82 Å². The molecule has 1 aliphatic heterocycles. The maximum absolute atomic E-state index is 12.5. The second kappa shape index (κ2) is 7.72. The quantitative estimate of drug-likeness (QED) is 0.830. The lowest BCUT2D eigenvalue weighted by atomic mass is 10.2. The number of benzene rings is 1. The summed E-state index contributed by atoms with van der Waals surface area (Å²) in [4.78, 5) is 30.9. The van der Waals surface area contributed by atoms with Gasteiger partial charge >= 0.3 is 0 Å². The summed E-state index contributed by atoms with van der Waals surface area (Å²) < 4.78 is 0. The molecule has 0 bridgehead atoms. The molecule has 8 heteroatoms. The van der Waals surface area contributed by atoms with Crippen molar-refractivity contribution >= 4 is 47.0 Å². The lowest BCUT2D eigenvalue weighted by Gasteiger charge is -2.32. The van der Waals surface area contributed by atoms with Crippen LogP contribution >= 0.6 is 23.2 Å². The number of hydrogen-bond donors (Lipinski definition) is 1. The molecule has 0 atom stereocenters. The molecule has 2 heterocycles. The fourth-order valence-corrected chi connectivity index (χ4v) is 2.83. The van der Waals surface area contributed by atoms with Crippen LogP contribution in [0.4, 0.5) is 11.5 Å². The zero-order chi connectivity index (χ0) is 17.8. The average molecular weight is 379 g/mol. The van der Waals surface area contributed by atoms with Gasteiger partial charge in [0.25, 0.3) is 5.91 Å². The van der Waals surface area contributed by atoms with E-state index < -0.39 is 0 Å². The average Bonchev–Trinajstić information content (AvgIpc) is 2.65. The molecule has 1 aromatic heterocycles. The van der Waals surface area contributed by atoms with E-state index in [9.17, 15) is 9.59 Å². The van der Waals surface area contributed by atoms with Crippen molar-refractivity contribution in [1.29, 1.82) is 0 Å². The Hall–Kier alpha value is -2.31. The molecule has 1 aromatic carbocycles.